The van der Waals surface area contributed by atoms with Crippen molar-refractivity contribution in [3.8, 4) is 0 Å². The zero-order valence-corrected chi connectivity index (χ0v) is 14.0. The monoisotopic (exact) mass is 293 g/mol. The maximum absolute atomic E-state index is 6.30. The van der Waals surface area contributed by atoms with Crippen LogP contribution in [0, 0.1) is 5.41 Å². The summed E-state index contributed by atoms with van der Waals surface area (Å²) in [5.74, 6) is 11.2. The number of hydrazine groups is 2. The second-order valence-corrected chi connectivity index (χ2v) is 7.13. The zero-order chi connectivity index (χ0) is 16.4. The molecule has 0 unspecified atom stereocenters. The van der Waals surface area contributed by atoms with Crippen molar-refractivity contribution in [1.82, 2.24) is 0 Å². The van der Waals surface area contributed by atoms with E-state index >= 15 is 0 Å². The van der Waals surface area contributed by atoms with Crippen molar-refractivity contribution in [1.29, 1.82) is 0 Å². The van der Waals surface area contributed by atoms with Gasteiger partial charge < -0.3 is 11.5 Å². The molecule has 0 aliphatic carbocycles. The van der Waals surface area contributed by atoms with Crippen LogP contribution in [0.4, 0.5) is 17.1 Å². The fourth-order valence-corrected chi connectivity index (χ4v) is 3.39. The first-order chi connectivity index (χ1) is 9.56. The molecule has 0 fully saturated rings. The second-order valence-electron chi connectivity index (χ2n) is 7.13. The van der Waals surface area contributed by atoms with Crippen LogP contribution >= 0.6 is 0 Å². The number of hydrogen-bond acceptors (Lipinski definition) is 5. The Kier molecular flexibility index (Phi) is 5.12. The van der Waals surface area contributed by atoms with Gasteiger partial charge in [-0.2, -0.15) is 0 Å². The summed E-state index contributed by atoms with van der Waals surface area (Å²) in [6, 6.07) is 3.60. The lowest BCUT2D eigenvalue weighted by molar-refractivity contribution is 0.238. The highest BCUT2D eigenvalue weighted by Crippen LogP contribution is 2.47. The summed E-state index contributed by atoms with van der Waals surface area (Å²) in [6.07, 6.45) is 3.00. The van der Waals surface area contributed by atoms with Crippen molar-refractivity contribution in [3.63, 3.8) is 0 Å². The van der Waals surface area contributed by atoms with Crippen LogP contribution in [0.5, 0.6) is 0 Å². The van der Waals surface area contributed by atoms with E-state index in [0.29, 0.717) is 17.1 Å². The summed E-state index contributed by atoms with van der Waals surface area (Å²) in [7, 11) is 0. The average molecular weight is 293 g/mol. The van der Waals surface area contributed by atoms with E-state index in [1.54, 1.807) is 12.1 Å². The molecule has 0 amide bonds. The van der Waals surface area contributed by atoms with Crippen molar-refractivity contribution in [2.75, 3.05) is 16.6 Å². The van der Waals surface area contributed by atoms with E-state index in [0.717, 1.165) is 29.9 Å². The maximum atomic E-state index is 6.30. The van der Waals surface area contributed by atoms with Crippen LogP contribution in [0.25, 0.3) is 0 Å². The van der Waals surface area contributed by atoms with Gasteiger partial charge in [-0.05, 0) is 42.2 Å². The van der Waals surface area contributed by atoms with Crippen LogP contribution in [0.15, 0.2) is 12.1 Å². The van der Waals surface area contributed by atoms with Gasteiger partial charge in [0.25, 0.3) is 0 Å². The molecule has 0 aliphatic heterocycles. The summed E-state index contributed by atoms with van der Waals surface area (Å²) >= 11 is 0. The van der Waals surface area contributed by atoms with E-state index in [1.807, 2.05) is 0 Å². The smallest absolute Gasteiger partial charge is 0.0738 e. The number of anilines is 3. The third-order valence-electron chi connectivity index (χ3n) is 4.23. The third kappa shape index (κ3) is 3.80. The SMILES string of the molecule is CCC(CC)(CC(C)(C)C)c1c(N)cc(N(N)N)cc1N. The first-order valence-electron chi connectivity index (χ1n) is 7.55. The molecule has 1 rings (SSSR count). The van der Waals surface area contributed by atoms with Gasteiger partial charge in [-0.3, -0.25) is 0 Å². The van der Waals surface area contributed by atoms with Crippen LogP contribution in [0.2, 0.25) is 0 Å². The summed E-state index contributed by atoms with van der Waals surface area (Å²) in [5.41, 5.74) is 15.7. The minimum absolute atomic E-state index is 0.0288. The van der Waals surface area contributed by atoms with Crippen molar-refractivity contribution in [3.05, 3.63) is 17.7 Å². The molecule has 0 atom stereocenters. The zero-order valence-electron chi connectivity index (χ0n) is 14.0. The Labute approximate surface area is 128 Å². The predicted octanol–water partition coefficient (Wildman–Crippen LogP) is 2.90. The number of nitrogens with zero attached hydrogens (tertiary/aromatic N) is 1. The lowest BCUT2D eigenvalue weighted by Crippen LogP contribution is -2.38. The number of rotatable bonds is 5. The first kappa shape index (κ1) is 17.6. The van der Waals surface area contributed by atoms with E-state index in [9.17, 15) is 0 Å². The molecule has 0 heterocycles. The summed E-state index contributed by atoms with van der Waals surface area (Å²) in [5, 5.41) is 1.04. The van der Waals surface area contributed by atoms with Crippen molar-refractivity contribution < 1.29 is 0 Å². The molecule has 0 aliphatic rings. The Hall–Kier alpha value is -1.46. The van der Waals surface area contributed by atoms with E-state index in [4.69, 9.17) is 23.2 Å². The molecule has 0 bridgehead atoms. The minimum atomic E-state index is -0.0288. The molecule has 0 spiro atoms. The van der Waals surface area contributed by atoms with Crippen molar-refractivity contribution in [2.24, 2.45) is 17.1 Å². The molecule has 0 radical (unpaired) electrons. The van der Waals surface area contributed by atoms with Gasteiger partial charge >= 0.3 is 0 Å². The number of hydrogen-bond donors (Lipinski definition) is 4. The number of nitrogens with two attached hydrogens (primary N) is 4. The minimum Gasteiger partial charge on any atom is -0.398 e. The summed E-state index contributed by atoms with van der Waals surface area (Å²) in [6.45, 7) is 11.1. The van der Waals surface area contributed by atoms with Crippen LogP contribution in [-0.2, 0) is 5.41 Å². The maximum Gasteiger partial charge on any atom is 0.0738 e. The van der Waals surface area contributed by atoms with Gasteiger partial charge in [0.1, 0.15) is 0 Å². The highest BCUT2D eigenvalue weighted by Gasteiger charge is 2.36. The summed E-state index contributed by atoms with van der Waals surface area (Å²) in [4.78, 5) is 0. The van der Waals surface area contributed by atoms with Gasteiger partial charge in [-0.25, -0.2) is 16.8 Å². The standard InChI is InChI=1S/C16H31N5/c1-6-16(7-2,10-15(3,4)5)14-12(17)8-11(21(19)20)9-13(14)18/h8-9H,6-7,10,17-20H2,1-5H3. The topological polar surface area (TPSA) is 107 Å². The van der Waals surface area contributed by atoms with Gasteiger partial charge in [0, 0.05) is 16.9 Å². The Morgan fingerprint density at radius 3 is 1.67 bits per heavy atom. The van der Waals surface area contributed by atoms with Crippen LogP contribution in [0.1, 0.15) is 59.4 Å². The molecule has 1 aromatic rings. The molecule has 8 N–H and O–H groups in total. The highest BCUT2D eigenvalue weighted by atomic mass is 15.6. The normalized spacial score (nSPS) is 12.5. The molecule has 5 nitrogen and oxygen atoms in total. The quantitative estimate of drug-likeness (QED) is 0.379. The Morgan fingerprint density at radius 2 is 1.38 bits per heavy atom. The van der Waals surface area contributed by atoms with Crippen LogP contribution in [0.3, 0.4) is 0 Å². The molecule has 0 saturated heterocycles. The largest absolute Gasteiger partial charge is 0.398 e. The average Bonchev–Trinajstić information content (AvgIpc) is 2.34. The molecule has 120 valence electrons. The van der Waals surface area contributed by atoms with Gasteiger partial charge in [0.05, 0.1) is 5.69 Å². The Bertz CT molecular complexity index is 461. The number of nitrogen functional groups attached to an aromatic ring is 2. The molecule has 0 saturated carbocycles. The Morgan fingerprint density at radius 1 is 0.952 bits per heavy atom. The van der Waals surface area contributed by atoms with Gasteiger partial charge in [0.15, 0.2) is 0 Å². The lowest BCUT2D eigenvalue weighted by atomic mass is 9.65. The van der Waals surface area contributed by atoms with E-state index in [2.05, 4.69) is 34.6 Å². The van der Waals surface area contributed by atoms with Gasteiger partial charge in [-0.15, -0.1) is 0 Å². The third-order valence-corrected chi connectivity index (χ3v) is 4.23. The van der Waals surface area contributed by atoms with Gasteiger partial charge in [-0.1, -0.05) is 34.6 Å². The molecule has 0 aromatic heterocycles. The lowest BCUT2D eigenvalue weighted by Gasteiger charge is -2.40. The van der Waals surface area contributed by atoms with E-state index < -0.39 is 0 Å². The highest BCUT2D eigenvalue weighted by molar-refractivity contribution is 5.72. The first-order valence-corrected chi connectivity index (χ1v) is 7.55. The molecule has 5 heteroatoms. The molecule has 21 heavy (non-hydrogen) atoms. The predicted molar refractivity (Wildman–Crippen MR) is 92.5 cm³/mol. The summed E-state index contributed by atoms with van der Waals surface area (Å²) < 4.78 is 0. The van der Waals surface area contributed by atoms with E-state index in [-0.39, 0.29) is 10.8 Å². The van der Waals surface area contributed by atoms with Crippen LogP contribution < -0.4 is 28.3 Å². The molecular weight excluding hydrogens is 262 g/mol. The fraction of sp³-hybridized carbons (Fsp3) is 0.625. The van der Waals surface area contributed by atoms with Gasteiger partial charge in [0.2, 0.25) is 0 Å². The fourth-order valence-electron chi connectivity index (χ4n) is 3.39. The van der Waals surface area contributed by atoms with Crippen LogP contribution in [-0.4, -0.2) is 0 Å². The van der Waals surface area contributed by atoms with Crippen molar-refractivity contribution >= 4 is 17.1 Å². The second kappa shape index (κ2) is 6.12. The van der Waals surface area contributed by atoms with Crippen molar-refractivity contribution in [2.45, 2.75) is 59.3 Å². The van der Waals surface area contributed by atoms with E-state index in [1.165, 1.54) is 0 Å². The Balaban J connectivity index is 3.46. The number of benzene rings is 1. The molecule has 1 aromatic carbocycles. The molecular formula is C16H31N5.